The molecule has 0 aliphatic carbocycles. The number of H-pyrrole nitrogens is 1. The Bertz CT molecular complexity index is 1370. The van der Waals surface area contributed by atoms with E-state index >= 15 is 0 Å². The molecule has 2 aromatic heterocycles. The molecule has 3 aromatic rings. The first-order valence-corrected chi connectivity index (χ1v) is 15.5. The van der Waals surface area contributed by atoms with Crippen LogP contribution in [0.4, 0.5) is 0 Å². The van der Waals surface area contributed by atoms with Crippen LogP contribution in [0.3, 0.4) is 0 Å². The standard InChI is InChI=1S/C27H36N4O4S2/c1-3-37(33,34)31-9-6-18(7-10-31)25-14-29-26-23(25)12-19(13-24(26)27(28)32)20-11-22(36-17-20)15-30-8-4-5-21(30)16-35-2/h11-14,17-18,21,29H,3-10,15-16H2,1-2H3,(H2,28,32)/t21-/m1/s1. The van der Waals surface area contributed by atoms with Crippen molar-refractivity contribution in [3.63, 3.8) is 0 Å². The van der Waals surface area contributed by atoms with Crippen LogP contribution in [0.15, 0.2) is 29.8 Å². The van der Waals surface area contributed by atoms with Crippen molar-refractivity contribution >= 4 is 38.2 Å². The normalized spacial score (nSPS) is 20.2. The lowest BCUT2D eigenvalue weighted by atomic mass is 9.88. The molecule has 4 heterocycles. The second-order valence-corrected chi connectivity index (χ2v) is 13.4. The van der Waals surface area contributed by atoms with Gasteiger partial charge in [-0.2, -0.15) is 0 Å². The van der Waals surface area contributed by atoms with Crippen molar-refractivity contribution in [1.29, 1.82) is 0 Å². The third-order valence-corrected chi connectivity index (χ3v) is 10.7. The molecule has 0 radical (unpaired) electrons. The third-order valence-electron chi connectivity index (χ3n) is 7.94. The summed E-state index contributed by atoms with van der Waals surface area (Å²) in [4.78, 5) is 19.5. The van der Waals surface area contributed by atoms with E-state index in [1.54, 1.807) is 29.7 Å². The molecule has 2 fully saturated rings. The number of piperidine rings is 1. The number of rotatable bonds is 9. The minimum atomic E-state index is -3.18. The van der Waals surface area contributed by atoms with Crippen LogP contribution in [0.2, 0.25) is 0 Å². The van der Waals surface area contributed by atoms with Crippen molar-refractivity contribution in [3.05, 3.63) is 45.8 Å². The zero-order chi connectivity index (χ0) is 26.2. The molecule has 0 saturated carbocycles. The summed E-state index contributed by atoms with van der Waals surface area (Å²) in [5.41, 5.74) is 10.2. The van der Waals surface area contributed by atoms with Crippen molar-refractivity contribution in [2.75, 3.05) is 39.1 Å². The number of thiophene rings is 1. The molecule has 8 nitrogen and oxygen atoms in total. The van der Waals surface area contributed by atoms with Crippen molar-refractivity contribution in [2.45, 2.75) is 51.1 Å². The predicted molar refractivity (Wildman–Crippen MR) is 148 cm³/mol. The van der Waals surface area contributed by atoms with Gasteiger partial charge in [0.15, 0.2) is 0 Å². The minimum Gasteiger partial charge on any atom is -0.383 e. The van der Waals surface area contributed by atoms with Gasteiger partial charge < -0.3 is 15.5 Å². The first kappa shape index (κ1) is 26.4. The zero-order valence-corrected chi connectivity index (χ0v) is 23.2. The molecule has 2 aliphatic rings. The maximum atomic E-state index is 12.4. The number of nitrogens with one attached hydrogen (secondary N) is 1. The van der Waals surface area contributed by atoms with Crippen LogP contribution in [-0.2, 0) is 21.3 Å². The smallest absolute Gasteiger partial charge is 0.250 e. The first-order chi connectivity index (χ1) is 17.8. The molecular formula is C27H36N4O4S2. The summed E-state index contributed by atoms with van der Waals surface area (Å²) in [5, 5.41) is 3.15. The third kappa shape index (κ3) is 5.35. The van der Waals surface area contributed by atoms with Gasteiger partial charge in [0.25, 0.3) is 5.91 Å². The lowest BCUT2D eigenvalue weighted by Gasteiger charge is -2.31. The minimum absolute atomic E-state index is 0.128. The van der Waals surface area contributed by atoms with Gasteiger partial charge in [0.05, 0.1) is 23.4 Å². The molecule has 3 N–H and O–H groups in total. The van der Waals surface area contributed by atoms with E-state index in [2.05, 4.69) is 27.4 Å². The number of likely N-dealkylation sites (tertiary alicyclic amines) is 1. The molecule has 37 heavy (non-hydrogen) atoms. The second kappa shape index (κ2) is 10.9. The Morgan fingerprint density at radius 1 is 1.16 bits per heavy atom. The monoisotopic (exact) mass is 544 g/mol. The van der Waals surface area contributed by atoms with Crippen LogP contribution < -0.4 is 5.73 Å². The van der Waals surface area contributed by atoms with Crippen LogP contribution in [0, 0.1) is 0 Å². The first-order valence-electron chi connectivity index (χ1n) is 13.0. The van der Waals surface area contributed by atoms with Crippen molar-refractivity contribution in [1.82, 2.24) is 14.2 Å². The average molecular weight is 545 g/mol. The largest absolute Gasteiger partial charge is 0.383 e. The number of aromatic amines is 1. The second-order valence-electron chi connectivity index (χ2n) is 10.2. The number of carbonyl (C=O) groups is 1. The fraction of sp³-hybridized carbons (Fsp3) is 0.519. The summed E-state index contributed by atoms with van der Waals surface area (Å²) < 4.78 is 31.6. The topological polar surface area (TPSA) is 109 Å². The summed E-state index contributed by atoms with van der Waals surface area (Å²) in [7, 11) is -1.41. The molecular weight excluding hydrogens is 508 g/mol. The molecule has 200 valence electrons. The van der Waals surface area contributed by atoms with Crippen LogP contribution in [0.1, 0.15) is 59.3 Å². The number of nitrogens with two attached hydrogens (primary N) is 1. The van der Waals surface area contributed by atoms with E-state index < -0.39 is 15.9 Å². The number of amides is 1. The SMILES string of the molecule is CCS(=O)(=O)N1CCC(c2c[nH]c3c(C(N)=O)cc(-c4csc(CN5CCC[C@@H]5COC)c4)cc23)CC1. The maximum absolute atomic E-state index is 12.4. The van der Waals surface area contributed by atoms with Gasteiger partial charge in [-0.3, -0.25) is 9.69 Å². The fourth-order valence-electron chi connectivity index (χ4n) is 5.88. The molecule has 5 rings (SSSR count). The van der Waals surface area contributed by atoms with Crippen LogP contribution in [-0.4, -0.2) is 73.7 Å². The molecule has 1 atom stereocenters. The molecule has 0 spiro atoms. The van der Waals surface area contributed by atoms with Gasteiger partial charge in [-0.05, 0) is 85.3 Å². The maximum Gasteiger partial charge on any atom is 0.250 e. The van der Waals surface area contributed by atoms with Gasteiger partial charge in [-0.25, -0.2) is 12.7 Å². The summed E-state index contributed by atoms with van der Waals surface area (Å²) in [6.07, 6.45) is 5.85. The Labute approximate surface area is 222 Å². The summed E-state index contributed by atoms with van der Waals surface area (Å²) in [6, 6.07) is 6.73. The van der Waals surface area contributed by atoms with E-state index in [0.29, 0.717) is 24.7 Å². The summed E-state index contributed by atoms with van der Waals surface area (Å²) >= 11 is 1.74. The molecule has 1 amide bonds. The van der Waals surface area contributed by atoms with E-state index in [0.717, 1.165) is 60.1 Å². The van der Waals surface area contributed by atoms with E-state index in [-0.39, 0.29) is 11.7 Å². The highest BCUT2D eigenvalue weighted by atomic mass is 32.2. The van der Waals surface area contributed by atoms with Crippen LogP contribution in [0.25, 0.3) is 22.0 Å². The van der Waals surface area contributed by atoms with Crippen molar-refractivity contribution in [2.24, 2.45) is 5.73 Å². The molecule has 0 bridgehead atoms. The Morgan fingerprint density at radius 3 is 2.65 bits per heavy atom. The molecule has 2 saturated heterocycles. The predicted octanol–water partition coefficient (Wildman–Crippen LogP) is 4.14. The number of carbonyl (C=O) groups excluding carboxylic acids is 1. The number of hydrogen-bond acceptors (Lipinski definition) is 6. The van der Waals surface area contributed by atoms with Gasteiger partial charge in [0.1, 0.15) is 0 Å². The van der Waals surface area contributed by atoms with Gasteiger partial charge in [0, 0.05) is 49.2 Å². The summed E-state index contributed by atoms with van der Waals surface area (Å²) in [6.45, 7) is 5.47. The number of hydrogen-bond donors (Lipinski definition) is 2. The number of nitrogens with zero attached hydrogens (tertiary/aromatic N) is 2. The Kier molecular flexibility index (Phi) is 7.74. The number of sulfonamides is 1. The highest BCUT2D eigenvalue weighted by molar-refractivity contribution is 7.89. The van der Waals surface area contributed by atoms with Crippen molar-refractivity contribution in [3.8, 4) is 11.1 Å². The highest BCUT2D eigenvalue weighted by Crippen LogP contribution is 2.38. The number of primary amides is 1. The average Bonchev–Trinajstić information content (AvgIpc) is 3.64. The number of benzene rings is 1. The Hall–Kier alpha value is -2.24. The van der Waals surface area contributed by atoms with Crippen LogP contribution >= 0.6 is 11.3 Å². The number of aromatic nitrogens is 1. The van der Waals surface area contributed by atoms with E-state index in [4.69, 9.17) is 10.5 Å². The van der Waals surface area contributed by atoms with Crippen LogP contribution in [0.5, 0.6) is 0 Å². The van der Waals surface area contributed by atoms with Gasteiger partial charge in [-0.1, -0.05) is 0 Å². The van der Waals surface area contributed by atoms with E-state index in [1.165, 1.54) is 17.7 Å². The summed E-state index contributed by atoms with van der Waals surface area (Å²) in [5.74, 6) is -0.109. The van der Waals surface area contributed by atoms with Gasteiger partial charge >= 0.3 is 0 Å². The van der Waals surface area contributed by atoms with E-state index in [1.807, 2.05) is 12.3 Å². The molecule has 0 unspecified atom stereocenters. The fourth-order valence-corrected chi connectivity index (χ4v) is 7.93. The van der Waals surface area contributed by atoms with Gasteiger partial charge in [0.2, 0.25) is 10.0 Å². The van der Waals surface area contributed by atoms with E-state index in [9.17, 15) is 13.2 Å². The van der Waals surface area contributed by atoms with Crippen molar-refractivity contribution < 1.29 is 17.9 Å². The quantitative estimate of drug-likeness (QED) is 0.421. The van der Waals surface area contributed by atoms with Gasteiger partial charge in [-0.15, -0.1) is 11.3 Å². The lowest BCUT2D eigenvalue weighted by molar-refractivity contribution is 0.100. The number of methoxy groups -OCH3 is 1. The number of fused-ring (bicyclic) bond motifs is 1. The molecule has 10 heteroatoms. The lowest BCUT2D eigenvalue weighted by Crippen LogP contribution is -2.38. The molecule has 2 aliphatic heterocycles. The molecule has 1 aromatic carbocycles. The zero-order valence-electron chi connectivity index (χ0n) is 21.5. The number of ether oxygens (including phenoxy) is 1. The Morgan fingerprint density at radius 2 is 1.95 bits per heavy atom. The Balaban J connectivity index is 1.42. The highest BCUT2D eigenvalue weighted by Gasteiger charge is 2.29.